The molecular weight excluding hydrogens is 359 g/mol. The van der Waals surface area contributed by atoms with E-state index in [1.54, 1.807) is 24.3 Å². The molecule has 0 aliphatic heterocycles. The number of rotatable bonds is 6. The van der Waals surface area contributed by atoms with Crippen LogP contribution in [0.25, 0.3) is 0 Å². The summed E-state index contributed by atoms with van der Waals surface area (Å²) in [6.07, 6.45) is 0. The van der Waals surface area contributed by atoms with Gasteiger partial charge in [-0.15, -0.1) is 0 Å². The Labute approximate surface area is 156 Å². The molecule has 1 atom stereocenters. The molecule has 0 aromatic heterocycles. The van der Waals surface area contributed by atoms with Crippen molar-refractivity contribution in [1.82, 2.24) is 5.32 Å². The molecule has 0 fully saturated rings. The summed E-state index contributed by atoms with van der Waals surface area (Å²) in [6.45, 7) is 3.62. The van der Waals surface area contributed by atoms with Crippen LogP contribution in [-0.4, -0.2) is 25.0 Å². The van der Waals surface area contributed by atoms with Crippen LogP contribution in [0.1, 0.15) is 24.2 Å². The zero-order chi connectivity index (χ0) is 19.3. The maximum atomic E-state index is 13.2. The lowest BCUT2D eigenvalue weighted by atomic mass is 10.0. The van der Waals surface area contributed by atoms with Crippen molar-refractivity contribution >= 4 is 29.1 Å². The van der Waals surface area contributed by atoms with Gasteiger partial charge in [0.25, 0.3) is 5.91 Å². The number of methoxy groups -OCH3 is 1. The van der Waals surface area contributed by atoms with E-state index in [0.29, 0.717) is 17.0 Å². The minimum absolute atomic E-state index is 0.0954. The fourth-order valence-electron chi connectivity index (χ4n) is 2.38. The summed E-state index contributed by atoms with van der Waals surface area (Å²) >= 11 is 5.73. The maximum Gasteiger partial charge on any atom is 0.255 e. The van der Waals surface area contributed by atoms with Gasteiger partial charge < -0.3 is 15.4 Å². The molecule has 5 nitrogen and oxygen atoms in total. The van der Waals surface area contributed by atoms with Crippen molar-refractivity contribution in [2.45, 2.75) is 19.9 Å². The van der Waals surface area contributed by atoms with Gasteiger partial charge in [-0.05, 0) is 36.2 Å². The van der Waals surface area contributed by atoms with Crippen LogP contribution in [0.4, 0.5) is 10.1 Å². The highest BCUT2D eigenvalue weighted by Crippen LogP contribution is 2.21. The summed E-state index contributed by atoms with van der Waals surface area (Å²) in [5, 5.41) is 5.26. The summed E-state index contributed by atoms with van der Waals surface area (Å²) in [7, 11) is 1.47. The molecule has 0 spiro atoms. The molecule has 0 bridgehead atoms. The number of halogens is 2. The molecule has 2 aromatic rings. The summed E-state index contributed by atoms with van der Waals surface area (Å²) in [6, 6.07) is 9.82. The Morgan fingerprint density at radius 1 is 1.15 bits per heavy atom. The van der Waals surface area contributed by atoms with Crippen molar-refractivity contribution in [2.75, 3.05) is 12.4 Å². The van der Waals surface area contributed by atoms with Gasteiger partial charge in [0.15, 0.2) is 0 Å². The molecule has 0 unspecified atom stereocenters. The molecule has 2 N–H and O–H groups in total. The van der Waals surface area contributed by atoms with Gasteiger partial charge in [-0.25, -0.2) is 4.39 Å². The molecule has 0 aliphatic rings. The van der Waals surface area contributed by atoms with E-state index >= 15 is 0 Å². The van der Waals surface area contributed by atoms with Crippen LogP contribution < -0.4 is 15.4 Å². The number of benzene rings is 2. The minimum Gasteiger partial charge on any atom is -0.496 e. The number of hydrogen-bond donors (Lipinski definition) is 2. The Hall–Kier alpha value is -2.60. The van der Waals surface area contributed by atoms with Crippen LogP contribution >= 0.6 is 11.6 Å². The SMILES string of the molecule is COc1ccccc1C(=O)N[C@H](C(=O)Nc1ccc(F)c(Cl)c1)C(C)C. The van der Waals surface area contributed by atoms with Crippen LogP contribution in [0.2, 0.25) is 5.02 Å². The Kier molecular flexibility index (Phi) is 6.58. The average Bonchev–Trinajstić information content (AvgIpc) is 2.62. The minimum atomic E-state index is -0.795. The Morgan fingerprint density at radius 2 is 1.85 bits per heavy atom. The summed E-state index contributed by atoms with van der Waals surface area (Å²) in [5.74, 6) is -1.18. The lowest BCUT2D eigenvalue weighted by Gasteiger charge is -2.22. The molecular formula is C19H20ClFN2O3. The predicted molar refractivity (Wildman–Crippen MR) is 99.1 cm³/mol. The summed E-state index contributed by atoms with van der Waals surface area (Å²) in [4.78, 5) is 25.1. The van der Waals surface area contributed by atoms with Gasteiger partial charge in [-0.3, -0.25) is 9.59 Å². The normalized spacial score (nSPS) is 11.8. The number of ether oxygens (including phenoxy) is 1. The van der Waals surface area contributed by atoms with Crippen molar-refractivity contribution in [3.63, 3.8) is 0 Å². The second-order valence-electron chi connectivity index (χ2n) is 6.01. The van der Waals surface area contributed by atoms with Crippen molar-refractivity contribution < 1.29 is 18.7 Å². The van der Waals surface area contributed by atoms with E-state index in [4.69, 9.17) is 16.3 Å². The number of anilines is 1. The standard InChI is InChI=1S/C19H20ClFN2O3/c1-11(2)17(19(25)22-12-8-9-15(21)14(20)10-12)23-18(24)13-6-4-5-7-16(13)26-3/h4-11,17H,1-3H3,(H,22,25)(H,23,24)/t17-/m0/s1. The van der Waals surface area contributed by atoms with Gasteiger partial charge in [0.2, 0.25) is 5.91 Å². The van der Waals surface area contributed by atoms with Crippen molar-refractivity contribution in [2.24, 2.45) is 5.92 Å². The highest BCUT2D eigenvalue weighted by atomic mass is 35.5. The molecule has 0 aliphatic carbocycles. The highest BCUT2D eigenvalue weighted by Gasteiger charge is 2.26. The zero-order valence-electron chi connectivity index (χ0n) is 14.7. The summed E-state index contributed by atoms with van der Waals surface area (Å²) in [5.41, 5.74) is 0.678. The first-order valence-electron chi connectivity index (χ1n) is 8.03. The Bertz CT molecular complexity index is 811. The monoisotopic (exact) mass is 378 g/mol. The van der Waals surface area contributed by atoms with Crippen LogP contribution in [0.5, 0.6) is 5.75 Å². The fourth-order valence-corrected chi connectivity index (χ4v) is 2.56. The second-order valence-corrected chi connectivity index (χ2v) is 6.42. The quantitative estimate of drug-likeness (QED) is 0.801. The van der Waals surface area contributed by atoms with E-state index in [-0.39, 0.29) is 10.9 Å². The van der Waals surface area contributed by atoms with Gasteiger partial charge in [0, 0.05) is 5.69 Å². The average molecular weight is 379 g/mol. The molecule has 2 aromatic carbocycles. The second kappa shape index (κ2) is 8.67. The molecule has 138 valence electrons. The van der Waals surface area contributed by atoms with E-state index in [1.165, 1.54) is 19.2 Å². The molecule has 0 saturated carbocycles. The number of carbonyl (C=O) groups excluding carboxylic acids is 2. The van der Waals surface area contributed by atoms with Crippen LogP contribution in [0.15, 0.2) is 42.5 Å². The molecule has 2 amide bonds. The number of carbonyl (C=O) groups is 2. The Balaban J connectivity index is 2.16. The number of nitrogens with one attached hydrogen (secondary N) is 2. The van der Waals surface area contributed by atoms with Gasteiger partial charge in [0.1, 0.15) is 17.6 Å². The van der Waals surface area contributed by atoms with Gasteiger partial charge >= 0.3 is 0 Å². The number of hydrogen-bond acceptors (Lipinski definition) is 3. The molecule has 7 heteroatoms. The first-order valence-corrected chi connectivity index (χ1v) is 8.41. The largest absolute Gasteiger partial charge is 0.496 e. The van der Waals surface area contributed by atoms with E-state index in [9.17, 15) is 14.0 Å². The van der Waals surface area contributed by atoms with Gasteiger partial charge in [-0.1, -0.05) is 37.6 Å². The molecule has 2 rings (SSSR count). The van der Waals surface area contributed by atoms with Crippen molar-refractivity contribution in [1.29, 1.82) is 0 Å². The molecule has 0 radical (unpaired) electrons. The lowest BCUT2D eigenvalue weighted by Crippen LogP contribution is -2.47. The third-order valence-corrected chi connectivity index (χ3v) is 4.06. The fraction of sp³-hybridized carbons (Fsp3) is 0.263. The van der Waals surface area contributed by atoms with Gasteiger partial charge in [-0.2, -0.15) is 0 Å². The van der Waals surface area contributed by atoms with E-state index < -0.39 is 23.7 Å². The predicted octanol–water partition coefficient (Wildman–Crippen LogP) is 3.88. The van der Waals surface area contributed by atoms with E-state index in [1.807, 2.05) is 13.8 Å². The highest BCUT2D eigenvalue weighted by molar-refractivity contribution is 6.31. The first-order chi connectivity index (χ1) is 12.3. The molecule has 26 heavy (non-hydrogen) atoms. The van der Waals surface area contributed by atoms with E-state index in [2.05, 4.69) is 10.6 Å². The maximum absolute atomic E-state index is 13.2. The summed E-state index contributed by atoms with van der Waals surface area (Å²) < 4.78 is 18.4. The van der Waals surface area contributed by atoms with E-state index in [0.717, 1.165) is 6.07 Å². The molecule has 0 saturated heterocycles. The smallest absolute Gasteiger partial charge is 0.255 e. The topological polar surface area (TPSA) is 67.4 Å². The van der Waals surface area contributed by atoms with Crippen LogP contribution in [0, 0.1) is 11.7 Å². The van der Waals surface area contributed by atoms with Crippen molar-refractivity contribution in [3.8, 4) is 5.75 Å². The third-order valence-electron chi connectivity index (χ3n) is 3.77. The van der Waals surface area contributed by atoms with Gasteiger partial charge in [0.05, 0.1) is 17.7 Å². The first kappa shape index (κ1) is 19.7. The Morgan fingerprint density at radius 3 is 2.46 bits per heavy atom. The number of para-hydroxylation sites is 1. The third kappa shape index (κ3) is 4.73. The lowest BCUT2D eigenvalue weighted by molar-refractivity contribution is -0.118. The van der Waals surface area contributed by atoms with Crippen LogP contribution in [-0.2, 0) is 4.79 Å². The van der Waals surface area contributed by atoms with Crippen molar-refractivity contribution in [3.05, 3.63) is 58.9 Å². The molecule has 0 heterocycles. The van der Waals surface area contributed by atoms with Crippen LogP contribution in [0.3, 0.4) is 0 Å². The number of amides is 2. The zero-order valence-corrected chi connectivity index (χ0v) is 15.4.